The Kier molecular flexibility index (Phi) is 5.05. The van der Waals surface area contributed by atoms with Crippen molar-refractivity contribution in [2.75, 3.05) is 5.75 Å². The molecule has 0 radical (unpaired) electrons. The second-order valence-electron chi connectivity index (χ2n) is 10.3. The second kappa shape index (κ2) is 6.42. The Morgan fingerprint density at radius 2 is 1.71 bits per heavy atom. The maximum Gasteiger partial charge on any atom is 0.340 e. The van der Waals surface area contributed by atoms with Crippen LogP contribution in [0.5, 0.6) is 0 Å². The van der Waals surface area contributed by atoms with Crippen LogP contribution in [0.2, 0.25) is 0 Å². The van der Waals surface area contributed by atoms with E-state index in [0.29, 0.717) is 19.3 Å². The summed E-state index contributed by atoms with van der Waals surface area (Å²) in [6, 6.07) is -0.265. The minimum Gasteiger partial charge on any atom is -0.430 e. The molecule has 3 fully saturated rings. The van der Waals surface area contributed by atoms with Crippen LogP contribution in [0.4, 0.5) is 0 Å². The van der Waals surface area contributed by atoms with Crippen LogP contribution in [0.1, 0.15) is 81.1 Å². The molecule has 3 rings (SSSR count). The summed E-state index contributed by atoms with van der Waals surface area (Å²) in [5.41, 5.74) is -2.04. The van der Waals surface area contributed by atoms with Crippen LogP contribution in [0.25, 0.3) is 0 Å². The number of ether oxygens (including phenoxy) is 2. The highest BCUT2D eigenvalue weighted by Crippen LogP contribution is 2.73. The third kappa shape index (κ3) is 2.72. The van der Waals surface area contributed by atoms with Gasteiger partial charge in [0.1, 0.15) is 0 Å². The fourth-order valence-corrected chi connectivity index (χ4v) is 9.02. The Morgan fingerprint density at radius 3 is 2.14 bits per heavy atom. The first-order valence-electron chi connectivity index (χ1n) is 10.6. The molecule has 1 saturated heterocycles. The van der Waals surface area contributed by atoms with Gasteiger partial charge in [-0.05, 0) is 65.2 Å². The number of rotatable bonds is 6. The zero-order valence-corrected chi connectivity index (χ0v) is 19.5. The molecule has 2 bridgehead atoms. The number of sulfonamides is 1. The molecular weight excluding hydrogens is 378 g/mol. The van der Waals surface area contributed by atoms with Gasteiger partial charge in [-0.25, -0.2) is 13.2 Å². The molecule has 0 unspecified atom stereocenters. The number of esters is 1. The largest absolute Gasteiger partial charge is 0.430 e. The van der Waals surface area contributed by atoms with Crippen molar-refractivity contribution in [3.8, 4) is 0 Å². The van der Waals surface area contributed by atoms with Crippen LogP contribution in [0.3, 0.4) is 0 Å². The zero-order chi connectivity index (χ0) is 21.3. The molecule has 162 valence electrons. The molecule has 0 aromatic carbocycles. The third-order valence-electron chi connectivity index (χ3n) is 7.94. The lowest BCUT2D eigenvalue weighted by Crippen LogP contribution is -2.57. The lowest BCUT2D eigenvalue weighted by atomic mass is 9.68. The maximum atomic E-state index is 13.6. The predicted molar refractivity (Wildman–Crippen MR) is 108 cm³/mol. The van der Waals surface area contributed by atoms with Crippen LogP contribution >= 0.6 is 0 Å². The average Bonchev–Trinajstić information content (AvgIpc) is 2.98. The summed E-state index contributed by atoms with van der Waals surface area (Å²) < 4.78 is 41.3. The van der Waals surface area contributed by atoms with Crippen molar-refractivity contribution in [1.82, 2.24) is 4.31 Å². The van der Waals surface area contributed by atoms with Crippen molar-refractivity contribution in [2.24, 2.45) is 16.7 Å². The minimum absolute atomic E-state index is 0.0487. The number of nitrogens with zero attached hydrogens (tertiary/aromatic N) is 1. The smallest absolute Gasteiger partial charge is 0.340 e. The Labute approximate surface area is 170 Å². The topological polar surface area (TPSA) is 72.9 Å². The molecule has 1 spiro atoms. The molecule has 4 atom stereocenters. The summed E-state index contributed by atoms with van der Waals surface area (Å²) in [4.78, 5) is 12.7. The first-order valence-corrected chi connectivity index (χ1v) is 12.2. The van der Waals surface area contributed by atoms with E-state index in [4.69, 9.17) is 9.47 Å². The predicted octanol–water partition coefficient (Wildman–Crippen LogP) is 3.70. The lowest BCUT2D eigenvalue weighted by Gasteiger charge is -2.47. The van der Waals surface area contributed by atoms with E-state index in [1.165, 1.54) is 0 Å². The van der Waals surface area contributed by atoms with E-state index < -0.39 is 26.8 Å². The lowest BCUT2D eigenvalue weighted by molar-refractivity contribution is -0.253. The van der Waals surface area contributed by atoms with Crippen molar-refractivity contribution in [3.63, 3.8) is 0 Å². The van der Waals surface area contributed by atoms with E-state index in [1.54, 1.807) is 11.2 Å². The van der Waals surface area contributed by atoms with Crippen LogP contribution in [-0.4, -0.2) is 47.9 Å². The van der Waals surface area contributed by atoms with Crippen molar-refractivity contribution < 1.29 is 22.7 Å². The molecule has 0 aromatic heterocycles. The molecule has 0 amide bonds. The highest BCUT2D eigenvalue weighted by molar-refractivity contribution is 7.89. The first-order chi connectivity index (χ1) is 12.7. The van der Waals surface area contributed by atoms with Crippen molar-refractivity contribution >= 4 is 16.0 Å². The summed E-state index contributed by atoms with van der Waals surface area (Å²) in [6.45, 7) is 15.5. The fourth-order valence-electron chi connectivity index (χ4n) is 6.22. The summed E-state index contributed by atoms with van der Waals surface area (Å²) in [5, 5.41) is 0. The molecule has 1 aliphatic heterocycles. The van der Waals surface area contributed by atoms with Gasteiger partial charge in [-0.2, -0.15) is 4.31 Å². The minimum atomic E-state index is -3.58. The summed E-state index contributed by atoms with van der Waals surface area (Å²) in [5.74, 6) is -1.28. The maximum absolute atomic E-state index is 13.6. The molecule has 6 nitrogen and oxygen atoms in total. The number of carbonyl (C=O) groups is 1. The second-order valence-corrected chi connectivity index (χ2v) is 12.2. The monoisotopic (exact) mass is 415 g/mol. The Morgan fingerprint density at radius 1 is 1.14 bits per heavy atom. The van der Waals surface area contributed by atoms with Crippen LogP contribution in [-0.2, 0) is 24.3 Å². The number of hydrogen-bond acceptors (Lipinski definition) is 5. The van der Waals surface area contributed by atoms with Crippen molar-refractivity contribution in [1.29, 1.82) is 0 Å². The van der Waals surface area contributed by atoms with Crippen LogP contribution in [0.15, 0.2) is 0 Å². The molecule has 2 saturated carbocycles. The molecule has 0 N–H and O–H groups in total. The Hall–Kier alpha value is -0.660. The number of hydrogen-bond donors (Lipinski definition) is 0. The average molecular weight is 416 g/mol. The quantitative estimate of drug-likeness (QED) is 0.619. The van der Waals surface area contributed by atoms with Gasteiger partial charge in [0.25, 0.3) is 0 Å². The van der Waals surface area contributed by atoms with E-state index in [0.717, 1.165) is 6.42 Å². The highest BCUT2D eigenvalue weighted by atomic mass is 32.2. The van der Waals surface area contributed by atoms with Crippen LogP contribution in [0, 0.1) is 16.7 Å². The molecular formula is C21H37NO5S. The van der Waals surface area contributed by atoms with E-state index in [-0.39, 0.29) is 35.1 Å². The summed E-state index contributed by atoms with van der Waals surface area (Å²) in [6.07, 6.45) is 2.73. The van der Waals surface area contributed by atoms with Crippen LogP contribution < -0.4 is 0 Å². The fraction of sp³-hybridized carbons (Fsp3) is 0.952. The molecule has 1 heterocycles. The Balaban J connectivity index is 2.09. The molecule has 3 aliphatic rings. The summed E-state index contributed by atoms with van der Waals surface area (Å²) >= 11 is 0. The van der Waals surface area contributed by atoms with Crippen molar-refractivity contribution in [2.45, 2.75) is 105 Å². The van der Waals surface area contributed by atoms with Gasteiger partial charge in [0.05, 0.1) is 11.2 Å². The third-order valence-corrected chi connectivity index (χ3v) is 10.3. The number of fused-ring (bicyclic) bond motifs is 3. The van der Waals surface area contributed by atoms with Gasteiger partial charge in [0.2, 0.25) is 15.8 Å². The van der Waals surface area contributed by atoms with E-state index in [1.807, 2.05) is 34.6 Å². The normalized spacial score (nSPS) is 39.7. The van der Waals surface area contributed by atoms with E-state index in [9.17, 15) is 13.2 Å². The van der Waals surface area contributed by atoms with Gasteiger partial charge in [-0.3, -0.25) is 0 Å². The molecule has 28 heavy (non-hydrogen) atoms. The Bertz CT molecular complexity index is 753. The number of carbonyl (C=O) groups excluding carboxylic acids is 1. The van der Waals surface area contributed by atoms with Crippen molar-refractivity contribution in [3.05, 3.63) is 0 Å². The van der Waals surface area contributed by atoms with Gasteiger partial charge in [-0.15, -0.1) is 0 Å². The van der Waals surface area contributed by atoms with E-state index in [2.05, 4.69) is 13.8 Å². The molecule has 7 heteroatoms. The summed E-state index contributed by atoms with van der Waals surface area (Å²) in [7, 11) is -3.58. The first kappa shape index (κ1) is 22.0. The van der Waals surface area contributed by atoms with Gasteiger partial charge in [0, 0.05) is 18.5 Å². The SMILES string of the molecule is CC[C@@]1(C)O[C@@]2(C[C@H]3CC[C@]2(CS(=O)(=O)N(C(C)C)C(C)C)C3(C)C)OC1=O. The van der Waals surface area contributed by atoms with Gasteiger partial charge in [0.15, 0.2) is 5.60 Å². The molecule has 2 aliphatic carbocycles. The van der Waals surface area contributed by atoms with Gasteiger partial charge in [-0.1, -0.05) is 20.8 Å². The van der Waals surface area contributed by atoms with Gasteiger partial charge < -0.3 is 9.47 Å². The van der Waals surface area contributed by atoms with E-state index >= 15 is 0 Å². The highest BCUT2D eigenvalue weighted by Gasteiger charge is 2.79. The zero-order valence-electron chi connectivity index (χ0n) is 18.7. The molecule has 0 aromatic rings. The standard InChI is InChI=1S/C21H37NO5S/c1-9-19(8)17(23)26-21(27-19)12-16-10-11-20(21,18(16,6)7)13-28(24,25)22(14(2)3)15(4)5/h14-16H,9-13H2,1-8H3/t16-,19-,20+,21-/m1/s1. The van der Waals surface area contributed by atoms with Gasteiger partial charge >= 0.3 is 5.97 Å².